The number of benzene rings is 8. The van der Waals surface area contributed by atoms with E-state index in [0.717, 1.165) is 27.5 Å². The van der Waals surface area contributed by atoms with Crippen LogP contribution >= 0.6 is 11.8 Å². The molecule has 328 valence electrons. The molecule has 0 radical (unpaired) electrons. The molecular weight excluding hydrogens is 844 g/mol. The van der Waals surface area contributed by atoms with Crippen LogP contribution in [0.4, 0.5) is 11.4 Å². The fraction of sp³-hybridized carbons (Fsp3) is 0.175. The summed E-state index contributed by atoms with van der Waals surface area (Å²) in [7, 11) is 0. The number of thioether (sulfide) groups is 1. The van der Waals surface area contributed by atoms with Crippen molar-refractivity contribution in [2.45, 2.75) is 76.5 Å². The molecule has 2 aromatic heterocycles. The molecule has 3 aliphatic heterocycles. The van der Waals surface area contributed by atoms with Crippen molar-refractivity contribution in [3.8, 4) is 27.9 Å². The summed E-state index contributed by atoms with van der Waals surface area (Å²) >= 11 is 1.86. The first-order valence-corrected chi connectivity index (χ1v) is 25.0. The molecule has 0 saturated carbocycles. The smallest absolute Gasteiger partial charge is 0.333 e. The number of aromatic nitrogens is 1. The maximum atomic E-state index is 6.84. The lowest BCUT2D eigenvalue weighted by Crippen LogP contribution is -2.61. The fourth-order valence-electron chi connectivity index (χ4n) is 12.4. The van der Waals surface area contributed by atoms with Crippen LogP contribution in [-0.2, 0) is 16.2 Å². The highest BCUT2D eigenvalue weighted by molar-refractivity contribution is 8.08. The molecule has 14 rings (SSSR count). The van der Waals surface area contributed by atoms with Crippen LogP contribution in [0, 0.1) is 0 Å². The highest BCUT2D eigenvalue weighted by Crippen LogP contribution is 2.60. The quantitative estimate of drug-likeness (QED) is 0.161. The Hall–Kier alpha value is -6.95. The molecule has 0 amide bonds. The molecule has 10 aromatic rings. The van der Waals surface area contributed by atoms with E-state index in [0.29, 0.717) is 0 Å². The Bertz CT molecular complexity index is 3940. The van der Waals surface area contributed by atoms with Gasteiger partial charge in [-0.15, -0.1) is 0 Å². The summed E-state index contributed by atoms with van der Waals surface area (Å²) in [4.78, 5) is 5.14. The molecule has 0 spiro atoms. The first-order chi connectivity index (χ1) is 32.7. The second-order valence-electron chi connectivity index (χ2n) is 22.2. The number of furan rings is 1. The molecule has 4 aliphatic rings. The van der Waals surface area contributed by atoms with Gasteiger partial charge in [0.15, 0.2) is 0 Å². The minimum Gasteiger partial charge on any atom is -0.456 e. The van der Waals surface area contributed by atoms with E-state index < -0.39 is 0 Å². The summed E-state index contributed by atoms with van der Waals surface area (Å²) in [5.74, 6) is 0. The van der Waals surface area contributed by atoms with E-state index in [4.69, 9.17) is 11.0 Å². The molecule has 1 aliphatic carbocycles. The second kappa shape index (κ2) is 13.4. The Kier molecular flexibility index (Phi) is 7.91. The number of hydrogen-bond donors (Lipinski definition) is 0. The average Bonchev–Trinajstić information content (AvgIpc) is 3.94. The van der Waals surface area contributed by atoms with Gasteiger partial charge in [0.05, 0.1) is 11.0 Å². The van der Waals surface area contributed by atoms with E-state index in [-0.39, 0.29) is 23.1 Å². The number of allylic oxidation sites excluding steroid dienone is 2. The Labute approximate surface area is 402 Å². The van der Waals surface area contributed by atoms with Crippen molar-refractivity contribution in [1.29, 1.82) is 0 Å². The predicted molar refractivity (Wildman–Crippen MR) is 291 cm³/mol. The average molecular weight is 895 g/mol. The molecule has 8 aromatic carbocycles. The van der Waals surface area contributed by atoms with Crippen molar-refractivity contribution < 1.29 is 4.42 Å². The summed E-state index contributed by atoms with van der Waals surface area (Å²) in [6, 6.07) is 55.2. The number of anilines is 2. The monoisotopic (exact) mass is 894 g/mol. The van der Waals surface area contributed by atoms with Gasteiger partial charge in [0.25, 0.3) is 0 Å². The molecule has 5 heterocycles. The van der Waals surface area contributed by atoms with Gasteiger partial charge in [0.2, 0.25) is 0 Å². The highest BCUT2D eigenvalue weighted by Gasteiger charge is 2.50. The molecule has 0 bridgehead atoms. The second-order valence-corrected chi connectivity index (χ2v) is 23.3. The molecule has 0 fully saturated rings. The molecule has 0 saturated heterocycles. The van der Waals surface area contributed by atoms with Crippen LogP contribution in [0.2, 0.25) is 0 Å². The van der Waals surface area contributed by atoms with Gasteiger partial charge in [0.1, 0.15) is 11.2 Å². The Morgan fingerprint density at radius 2 is 1.34 bits per heavy atom. The molecule has 3 nitrogen and oxygen atoms in total. The number of nitrogens with zero attached hydrogens (tertiary/aromatic N) is 2. The van der Waals surface area contributed by atoms with Crippen LogP contribution in [0.1, 0.15) is 88.8 Å². The van der Waals surface area contributed by atoms with Gasteiger partial charge in [-0.25, -0.2) is 0 Å². The van der Waals surface area contributed by atoms with Crippen molar-refractivity contribution in [2.24, 2.45) is 0 Å². The molecule has 0 unspecified atom stereocenters. The normalized spacial score (nSPS) is 15.5. The van der Waals surface area contributed by atoms with Gasteiger partial charge in [-0.05, 0) is 132 Å². The SMILES string of the molecule is C=C1C=C(c2ccccc2)Sc2cc3c(cc21)B1c2c(c4c(c5c6cc(C(C)(C)C)ccc6n-3c25)-c2ccccc2C4(C)C)-c2cc3oc4ccccc4c3cc2N1c1ccc(C(C)(C)C)cc1. The molecular formula is C63H51BN2OS. The minimum absolute atomic E-state index is 0.00755. The van der Waals surface area contributed by atoms with Crippen molar-refractivity contribution in [3.63, 3.8) is 0 Å². The maximum Gasteiger partial charge on any atom is 0.333 e. The zero-order valence-electron chi connectivity index (χ0n) is 39.9. The molecule has 0 N–H and O–H groups in total. The van der Waals surface area contributed by atoms with Crippen LogP contribution < -0.4 is 15.7 Å². The standard InChI is InChI=1S/C63H51BN2OS/c1-35-29-53(36-17-11-10-12-18-36)68-54-34-50-47(31-42(35)54)64-59-57(45-33-52-43(40-19-14-16-22-51(40)67-52)32-49(45)66(64)39-26-23-37(24-27-39)61(2,3)4)58-55(41-20-13-15-21-46(41)63(58,8)9)56-44-30-38(62(5,6)7)25-28-48(44)65(50)60(56)59/h10-34H,1H2,2-9H3. The zero-order valence-corrected chi connectivity index (χ0v) is 40.7. The van der Waals surface area contributed by atoms with E-state index in [1.165, 1.54) is 115 Å². The van der Waals surface area contributed by atoms with Gasteiger partial charge < -0.3 is 13.8 Å². The van der Waals surface area contributed by atoms with E-state index >= 15 is 0 Å². The van der Waals surface area contributed by atoms with Crippen LogP contribution in [0.5, 0.6) is 0 Å². The number of rotatable bonds is 2. The molecule has 68 heavy (non-hydrogen) atoms. The lowest BCUT2D eigenvalue weighted by molar-refractivity contribution is 0.590. The molecule has 5 heteroatoms. The third-order valence-corrected chi connectivity index (χ3v) is 16.9. The lowest BCUT2D eigenvalue weighted by Gasteiger charge is -2.44. The molecule has 0 atom stereocenters. The van der Waals surface area contributed by atoms with Crippen molar-refractivity contribution in [3.05, 3.63) is 192 Å². The third-order valence-electron chi connectivity index (χ3n) is 15.8. The van der Waals surface area contributed by atoms with Crippen molar-refractivity contribution in [2.75, 3.05) is 4.81 Å². The minimum atomic E-state index is -0.303. The van der Waals surface area contributed by atoms with Gasteiger partial charge in [-0.1, -0.05) is 171 Å². The summed E-state index contributed by atoms with van der Waals surface area (Å²) in [5.41, 5.74) is 24.4. The predicted octanol–water partition coefficient (Wildman–Crippen LogP) is 16.0. The van der Waals surface area contributed by atoms with Crippen LogP contribution in [0.25, 0.3) is 82.2 Å². The maximum absolute atomic E-state index is 6.84. The lowest BCUT2D eigenvalue weighted by atomic mass is 9.43. The number of hydrogen-bond acceptors (Lipinski definition) is 3. The number of para-hydroxylation sites is 1. The Morgan fingerprint density at radius 1 is 0.618 bits per heavy atom. The summed E-state index contributed by atoms with van der Waals surface area (Å²) < 4.78 is 9.49. The van der Waals surface area contributed by atoms with Crippen LogP contribution in [-0.4, -0.2) is 11.4 Å². The van der Waals surface area contributed by atoms with E-state index in [2.05, 4.69) is 216 Å². The van der Waals surface area contributed by atoms with Gasteiger partial charge in [0, 0.05) is 59.4 Å². The van der Waals surface area contributed by atoms with Crippen LogP contribution in [0.3, 0.4) is 0 Å². The Morgan fingerprint density at radius 3 is 2.12 bits per heavy atom. The van der Waals surface area contributed by atoms with E-state index in [1.54, 1.807) is 0 Å². The summed E-state index contributed by atoms with van der Waals surface area (Å²) in [5, 5.41) is 4.93. The first kappa shape index (κ1) is 40.2. The topological polar surface area (TPSA) is 21.3 Å². The summed E-state index contributed by atoms with van der Waals surface area (Å²) in [6.45, 7) is 23.5. The van der Waals surface area contributed by atoms with Crippen molar-refractivity contribution in [1.82, 2.24) is 4.57 Å². The highest BCUT2D eigenvalue weighted by atomic mass is 32.2. The third kappa shape index (κ3) is 5.29. The number of fused-ring (bicyclic) bond motifs is 17. The van der Waals surface area contributed by atoms with Crippen LogP contribution in [0.15, 0.2) is 168 Å². The van der Waals surface area contributed by atoms with E-state index in [1.807, 2.05) is 11.8 Å². The van der Waals surface area contributed by atoms with Gasteiger partial charge in [-0.3, -0.25) is 0 Å². The largest absolute Gasteiger partial charge is 0.456 e. The Balaban J connectivity index is 1.19. The fourth-order valence-corrected chi connectivity index (χ4v) is 13.6. The van der Waals surface area contributed by atoms with Gasteiger partial charge in [-0.2, -0.15) is 0 Å². The van der Waals surface area contributed by atoms with E-state index in [9.17, 15) is 0 Å². The summed E-state index contributed by atoms with van der Waals surface area (Å²) in [6.07, 6.45) is 2.29. The zero-order chi connectivity index (χ0) is 46.3. The van der Waals surface area contributed by atoms with Crippen molar-refractivity contribution >= 4 is 95.1 Å². The van der Waals surface area contributed by atoms with Gasteiger partial charge >= 0.3 is 6.85 Å². The first-order valence-electron chi connectivity index (χ1n) is 24.1.